The first kappa shape index (κ1) is 20.0. The van der Waals surface area contributed by atoms with Crippen LogP contribution < -0.4 is 0 Å². The zero-order valence-corrected chi connectivity index (χ0v) is 17.1. The Morgan fingerprint density at radius 2 is 1.81 bits per heavy atom. The lowest BCUT2D eigenvalue weighted by Gasteiger charge is -2.08. The molecule has 0 fully saturated rings. The molecule has 9 heteroatoms. The second-order valence-corrected chi connectivity index (χ2v) is 6.94. The predicted molar refractivity (Wildman–Crippen MR) is 111 cm³/mol. The van der Waals surface area contributed by atoms with E-state index in [-0.39, 0.29) is 13.2 Å². The van der Waals surface area contributed by atoms with E-state index < -0.39 is 5.97 Å². The van der Waals surface area contributed by atoms with Crippen molar-refractivity contribution in [1.29, 1.82) is 5.26 Å². The van der Waals surface area contributed by atoms with E-state index in [0.29, 0.717) is 22.8 Å². The number of benzene rings is 2. The molecule has 4 aromatic rings. The van der Waals surface area contributed by atoms with Crippen molar-refractivity contribution in [2.45, 2.75) is 27.0 Å². The van der Waals surface area contributed by atoms with Gasteiger partial charge in [0.25, 0.3) is 0 Å². The van der Waals surface area contributed by atoms with Gasteiger partial charge in [0.15, 0.2) is 6.54 Å². The number of esters is 1. The van der Waals surface area contributed by atoms with Crippen molar-refractivity contribution >= 4 is 5.97 Å². The molecule has 154 valence electrons. The van der Waals surface area contributed by atoms with E-state index in [4.69, 9.17) is 4.74 Å². The predicted octanol–water partition coefficient (Wildman–Crippen LogP) is 2.76. The summed E-state index contributed by atoms with van der Waals surface area (Å²) in [4.78, 5) is 13.6. The molecule has 0 saturated heterocycles. The number of hydrogen-bond donors (Lipinski definition) is 0. The molecule has 0 unspecified atom stereocenters. The molecule has 31 heavy (non-hydrogen) atoms. The molecule has 2 aromatic carbocycles. The van der Waals surface area contributed by atoms with Gasteiger partial charge in [-0.3, -0.25) is 0 Å². The molecule has 0 spiro atoms. The Morgan fingerprint density at radius 3 is 2.52 bits per heavy atom. The Labute approximate surface area is 178 Å². The van der Waals surface area contributed by atoms with Crippen LogP contribution in [0.15, 0.2) is 54.6 Å². The molecule has 9 nitrogen and oxygen atoms in total. The van der Waals surface area contributed by atoms with Gasteiger partial charge < -0.3 is 4.74 Å². The highest BCUT2D eigenvalue weighted by Crippen LogP contribution is 2.19. The van der Waals surface area contributed by atoms with Crippen LogP contribution in [0, 0.1) is 25.2 Å². The number of carbonyl (C=O) groups excluding carboxylic acids is 1. The van der Waals surface area contributed by atoms with E-state index in [1.54, 1.807) is 11.6 Å². The summed E-state index contributed by atoms with van der Waals surface area (Å²) in [6, 6.07) is 19.2. The van der Waals surface area contributed by atoms with Crippen LogP contribution in [0.25, 0.3) is 17.1 Å². The first-order valence-corrected chi connectivity index (χ1v) is 9.59. The molecule has 2 heterocycles. The van der Waals surface area contributed by atoms with Gasteiger partial charge in [-0.2, -0.15) is 15.2 Å². The van der Waals surface area contributed by atoms with Crippen LogP contribution >= 0.6 is 0 Å². The summed E-state index contributed by atoms with van der Waals surface area (Å²) >= 11 is 0. The van der Waals surface area contributed by atoms with Gasteiger partial charge in [0, 0.05) is 5.56 Å². The monoisotopic (exact) mass is 413 g/mol. The average Bonchev–Trinajstić information content (AvgIpc) is 3.37. The standard InChI is InChI=1S/C22H19N7O2/c1-15-8-10-17(11-9-15)22-24-27-28(26-22)13-21(30)31-14-20-19(12-23)16(2)25-29(20)18-6-4-3-5-7-18/h3-11H,13-14H2,1-2H3. The Hall–Kier alpha value is -4.32. The summed E-state index contributed by atoms with van der Waals surface area (Å²) in [5.41, 5.74) is 4.17. The maximum atomic E-state index is 12.4. The molecule has 0 aliphatic heterocycles. The number of nitrogens with zero attached hydrogens (tertiary/aromatic N) is 7. The SMILES string of the molecule is Cc1ccc(-c2nnn(CC(=O)OCc3c(C#N)c(C)nn3-c3ccccc3)n2)cc1. The molecule has 2 aromatic heterocycles. The zero-order chi connectivity index (χ0) is 21.8. The number of tetrazole rings is 1. The van der Waals surface area contributed by atoms with E-state index in [9.17, 15) is 10.1 Å². The second kappa shape index (κ2) is 8.59. The van der Waals surface area contributed by atoms with Crippen LogP contribution in [0.3, 0.4) is 0 Å². The van der Waals surface area contributed by atoms with Gasteiger partial charge in [0.2, 0.25) is 5.82 Å². The highest BCUT2D eigenvalue weighted by atomic mass is 16.5. The first-order chi connectivity index (χ1) is 15.0. The van der Waals surface area contributed by atoms with Crippen molar-refractivity contribution in [3.8, 4) is 23.1 Å². The Kier molecular flexibility index (Phi) is 5.53. The quantitative estimate of drug-likeness (QED) is 0.447. The second-order valence-electron chi connectivity index (χ2n) is 6.94. The molecule has 0 aliphatic rings. The van der Waals surface area contributed by atoms with Gasteiger partial charge in [0.1, 0.15) is 18.2 Å². The number of rotatable bonds is 6. The topological polar surface area (TPSA) is 112 Å². The lowest BCUT2D eigenvalue weighted by atomic mass is 10.1. The molecule has 0 aliphatic carbocycles. The van der Waals surface area contributed by atoms with Crippen LogP contribution in [0.1, 0.15) is 22.5 Å². The number of ether oxygens (including phenoxy) is 1. The minimum atomic E-state index is -0.546. The summed E-state index contributed by atoms with van der Waals surface area (Å²) in [7, 11) is 0. The summed E-state index contributed by atoms with van der Waals surface area (Å²) in [5.74, 6) is -0.118. The Morgan fingerprint density at radius 1 is 1.06 bits per heavy atom. The fourth-order valence-electron chi connectivity index (χ4n) is 3.07. The maximum Gasteiger partial charge on any atom is 0.330 e. The maximum absolute atomic E-state index is 12.4. The molecule has 4 rings (SSSR count). The van der Waals surface area contributed by atoms with Crippen molar-refractivity contribution in [3.63, 3.8) is 0 Å². The highest BCUT2D eigenvalue weighted by molar-refractivity contribution is 5.69. The van der Waals surface area contributed by atoms with E-state index in [0.717, 1.165) is 16.8 Å². The lowest BCUT2D eigenvalue weighted by molar-refractivity contribution is -0.146. The van der Waals surface area contributed by atoms with Gasteiger partial charge in [-0.05, 0) is 31.2 Å². The van der Waals surface area contributed by atoms with Crippen LogP contribution in [0.4, 0.5) is 0 Å². The molecule has 0 N–H and O–H groups in total. The third-order valence-electron chi connectivity index (χ3n) is 4.67. The summed E-state index contributed by atoms with van der Waals surface area (Å²) in [5, 5.41) is 26.1. The van der Waals surface area contributed by atoms with Crippen LogP contribution in [0.5, 0.6) is 0 Å². The van der Waals surface area contributed by atoms with Crippen molar-refractivity contribution in [2.75, 3.05) is 0 Å². The average molecular weight is 413 g/mol. The fraction of sp³-hybridized carbons (Fsp3) is 0.182. The van der Waals surface area contributed by atoms with E-state index in [1.165, 1.54) is 4.80 Å². The first-order valence-electron chi connectivity index (χ1n) is 9.59. The third-order valence-corrected chi connectivity index (χ3v) is 4.67. The molecule has 0 bridgehead atoms. The van der Waals surface area contributed by atoms with Gasteiger partial charge in [-0.25, -0.2) is 9.48 Å². The van der Waals surface area contributed by atoms with Gasteiger partial charge in [-0.1, -0.05) is 48.0 Å². The minimum absolute atomic E-state index is 0.100. The largest absolute Gasteiger partial charge is 0.458 e. The number of aryl methyl sites for hydroxylation is 2. The van der Waals surface area contributed by atoms with Crippen molar-refractivity contribution in [3.05, 3.63) is 77.1 Å². The molecule has 0 radical (unpaired) electrons. The van der Waals surface area contributed by atoms with E-state index in [1.807, 2.05) is 61.5 Å². The molecule has 0 amide bonds. The lowest BCUT2D eigenvalue weighted by Crippen LogP contribution is -2.17. The van der Waals surface area contributed by atoms with Crippen molar-refractivity contribution in [1.82, 2.24) is 30.0 Å². The fourth-order valence-corrected chi connectivity index (χ4v) is 3.07. The van der Waals surface area contributed by atoms with Crippen molar-refractivity contribution < 1.29 is 9.53 Å². The highest BCUT2D eigenvalue weighted by Gasteiger charge is 2.18. The smallest absolute Gasteiger partial charge is 0.330 e. The number of carbonyl (C=O) groups is 1. The summed E-state index contributed by atoms with van der Waals surface area (Å²) in [6.07, 6.45) is 0. The molecule has 0 atom stereocenters. The van der Waals surface area contributed by atoms with Crippen LogP contribution in [0.2, 0.25) is 0 Å². The normalized spacial score (nSPS) is 10.6. The van der Waals surface area contributed by atoms with Gasteiger partial charge in [-0.15, -0.1) is 10.2 Å². The summed E-state index contributed by atoms with van der Waals surface area (Å²) in [6.45, 7) is 3.44. The zero-order valence-electron chi connectivity index (χ0n) is 17.1. The number of aromatic nitrogens is 6. The van der Waals surface area contributed by atoms with E-state index in [2.05, 4.69) is 26.6 Å². The molecular weight excluding hydrogens is 394 g/mol. The van der Waals surface area contributed by atoms with E-state index >= 15 is 0 Å². The summed E-state index contributed by atoms with van der Waals surface area (Å²) < 4.78 is 7.02. The number of para-hydroxylation sites is 1. The Balaban J connectivity index is 1.46. The van der Waals surface area contributed by atoms with Gasteiger partial charge in [0.05, 0.1) is 17.1 Å². The minimum Gasteiger partial charge on any atom is -0.458 e. The number of nitriles is 1. The van der Waals surface area contributed by atoms with Gasteiger partial charge >= 0.3 is 5.97 Å². The third kappa shape index (κ3) is 4.33. The number of hydrogen-bond acceptors (Lipinski definition) is 7. The molecule has 0 saturated carbocycles. The van der Waals surface area contributed by atoms with Crippen LogP contribution in [-0.2, 0) is 22.7 Å². The van der Waals surface area contributed by atoms with Crippen LogP contribution in [-0.4, -0.2) is 36.0 Å². The Bertz CT molecular complexity index is 1250. The van der Waals surface area contributed by atoms with Crippen molar-refractivity contribution in [2.24, 2.45) is 0 Å². The molecular formula is C22H19N7O2.